The molecule has 3 nitrogen and oxygen atoms in total. The third kappa shape index (κ3) is 4.71. The number of carbonyl (C=O) groups excluding carboxylic acids is 1. The summed E-state index contributed by atoms with van der Waals surface area (Å²) in [5.74, 6) is -0.708. The summed E-state index contributed by atoms with van der Waals surface area (Å²) in [7, 11) is 0. The number of alkyl halides is 3. The number of rotatable bonds is 4. The fourth-order valence-corrected chi connectivity index (χ4v) is 1.94. The molecule has 0 heterocycles. The predicted octanol–water partition coefficient (Wildman–Crippen LogP) is 4.33. The first-order chi connectivity index (χ1) is 11.4. The second-order valence-electron chi connectivity index (χ2n) is 4.83. The molecule has 0 unspecified atom stereocenters. The molecular weight excluding hydrogens is 319 g/mol. The van der Waals surface area contributed by atoms with E-state index in [2.05, 4.69) is 0 Å². The first-order valence-corrected chi connectivity index (χ1v) is 6.90. The van der Waals surface area contributed by atoms with Crippen molar-refractivity contribution in [2.45, 2.75) is 12.8 Å². The Kier molecular flexibility index (Phi) is 5.38. The van der Waals surface area contributed by atoms with Crippen molar-refractivity contribution in [1.82, 2.24) is 0 Å². The number of nitriles is 1. The quantitative estimate of drug-likeness (QED) is 0.619. The highest BCUT2D eigenvalue weighted by molar-refractivity contribution is 5.87. The van der Waals surface area contributed by atoms with E-state index in [0.29, 0.717) is 11.1 Å². The van der Waals surface area contributed by atoms with Gasteiger partial charge in [0.1, 0.15) is 6.61 Å². The fraction of sp³-hybridized carbons (Fsp3) is 0.111. The Morgan fingerprint density at radius 2 is 1.92 bits per heavy atom. The van der Waals surface area contributed by atoms with E-state index in [9.17, 15) is 18.0 Å². The highest BCUT2D eigenvalue weighted by Gasteiger charge is 2.30. The lowest BCUT2D eigenvalue weighted by Crippen LogP contribution is -2.04. The summed E-state index contributed by atoms with van der Waals surface area (Å²) < 4.78 is 42.8. The molecule has 0 aliphatic rings. The Balaban J connectivity index is 2.00. The average Bonchev–Trinajstić information content (AvgIpc) is 2.58. The standard InChI is InChI=1S/C18H12F3NO2/c19-18(20,21)16-7-3-4-13(10-16)8-9-17(23)24-12-15-6-2-1-5-14(15)11-22/h1-10H,12H2/b9-8+. The molecule has 0 N–H and O–H groups in total. The van der Waals surface area contributed by atoms with Gasteiger partial charge in [-0.05, 0) is 29.8 Å². The van der Waals surface area contributed by atoms with Gasteiger partial charge in [-0.3, -0.25) is 0 Å². The molecular formula is C18H12F3NO2. The molecule has 0 aromatic heterocycles. The van der Waals surface area contributed by atoms with Gasteiger partial charge >= 0.3 is 12.1 Å². The first-order valence-electron chi connectivity index (χ1n) is 6.90. The molecule has 2 aromatic carbocycles. The SMILES string of the molecule is N#Cc1ccccc1COC(=O)/C=C/c1cccc(C(F)(F)F)c1. The van der Waals surface area contributed by atoms with E-state index in [1.54, 1.807) is 24.3 Å². The molecule has 0 spiro atoms. The maximum absolute atomic E-state index is 12.6. The van der Waals surface area contributed by atoms with E-state index in [-0.39, 0.29) is 12.2 Å². The lowest BCUT2D eigenvalue weighted by Gasteiger charge is -2.06. The van der Waals surface area contributed by atoms with Gasteiger partial charge in [-0.15, -0.1) is 0 Å². The van der Waals surface area contributed by atoms with Crippen molar-refractivity contribution in [2.75, 3.05) is 0 Å². The Morgan fingerprint density at radius 1 is 1.17 bits per heavy atom. The molecule has 24 heavy (non-hydrogen) atoms. The molecule has 0 bridgehead atoms. The fourth-order valence-electron chi connectivity index (χ4n) is 1.94. The summed E-state index contributed by atoms with van der Waals surface area (Å²) in [6.45, 7) is -0.0878. The van der Waals surface area contributed by atoms with Crippen LogP contribution >= 0.6 is 0 Å². The van der Waals surface area contributed by atoms with Gasteiger partial charge in [0.25, 0.3) is 0 Å². The molecule has 2 aromatic rings. The number of halogens is 3. The van der Waals surface area contributed by atoms with Gasteiger partial charge in [-0.25, -0.2) is 4.79 Å². The monoisotopic (exact) mass is 331 g/mol. The number of hydrogen-bond acceptors (Lipinski definition) is 3. The lowest BCUT2D eigenvalue weighted by molar-refractivity contribution is -0.139. The zero-order chi connectivity index (χ0) is 17.6. The number of benzene rings is 2. The van der Waals surface area contributed by atoms with Crippen LogP contribution in [-0.2, 0) is 22.3 Å². The summed E-state index contributed by atoms with van der Waals surface area (Å²) in [6.07, 6.45) is -2.15. The summed E-state index contributed by atoms with van der Waals surface area (Å²) >= 11 is 0. The van der Waals surface area contributed by atoms with E-state index in [1.807, 2.05) is 6.07 Å². The minimum Gasteiger partial charge on any atom is -0.458 e. The van der Waals surface area contributed by atoms with Crippen molar-refractivity contribution in [3.63, 3.8) is 0 Å². The molecule has 0 atom stereocenters. The van der Waals surface area contributed by atoms with Crippen LogP contribution in [0.4, 0.5) is 13.2 Å². The van der Waals surface area contributed by atoms with Crippen LogP contribution < -0.4 is 0 Å². The lowest BCUT2D eigenvalue weighted by atomic mass is 10.1. The molecule has 0 saturated carbocycles. The van der Waals surface area contributed by atoms with Crippen LogP contribution in [0.2, 0.25) is 0 Å². The molecule has 122 valence electrons. The molecule has 0 fully saturated rings. The van der Waals surface area contributed by atoms with Crippen molar-refractivity contribution >= 4 is 12.0 Å². The van der Waals surface area contributed by atoms with E-state index in [0.717, 1.165) is 18.2 Å². The Hall–Kier alpha value is -3.07. The highest BCUT2D eigenvalue weighted by Crippen LogP contribution is 2.29. The normalized spacial score (nSPS) is 11.2. The molecule has 0 aliphatic carbocycles. The number of ether oxygens (including phenoxy) is 1. The summed E-state index contributed by atoms with van der Waals surface area (Å²) in [4.78, 5) is 11.7. The topological polar surface area (TPSA) is 50.1 Å². The molecule has 0 radical (unpaired) electrons. The Morgan fingerprint density at radius 3 is 2.62 bits per heavy atom. The maximum Gasteiger partial charge on any atom is 0.416 e. The van der Waals surface area contributed by atoms with Gasteiger partial charge < -0.3 is 4.74 Å². The van der Waals surface area contributed by atoms with Crippen LogP contribution in [0.15, 0.2) is 54.6 Å². The van der Waals surface area contributed by atoms with Gasteiger partial charge in [0.05, 0.1) is 17.2 Å². The minimum absolute atomic E-state index is 0.0878. The van der Waals surface area contributed by atoms with Crippen molar-refractivity contribution < 1.29 is 22.7 Å². The molecule has 0 aliphatic heterocycles. The number of carbonyl (C=O) groups is 1. The largest absolute Gasteiger partial charge is 0.458 e. The smallest absolute Gasteiger partial charge is 0.416 e. The third-order valence-electron chi connectivity index (χ3n) is 3.13. The molecule has 2 rings (SSSR count). The summed E-state index contributed by atoms with van der Waals surface area (Å²) in [5, 5.41) is 8.93. The van der Waals surface area contributed by atoms with Crippen LogP contribution in [0.5, 0.6) is 0 Å². The van der Waals surface area contributed by atoms with Crippen LogP contribution in [0.25, 0.3) is 6.08 Å². The Bertz CT molecular complexity index is 804. The summed E-state index contributed by atoms with van der Waals surface area (Å²) in [5.41, 5.74) is 0.396. The summed E-state index contributed by atoms with van der Waals surface area (Å²) in [6, 6.07) is 13.2. The van der Waals surface area contributed by atoms with Crippen molar-refractivity contribution in [3.8, 4) is 6.07 Å². The van der Waals surface area contributed by atoms with E-state index < -0.39 is 17.7 Å². The third-order valence-corrected chi connectivity index (χ3v) is 3.13. The number of hydrogen-bond donors (Lipinski definition) is 0. The highest BCUT2D eigenvalue weighted by atomic mass is 19.4. The van der Waals surface area contributed by atoms with Gasteiger partial charge in [0.15, 0.2) is 0 Å². The van der Waals surface area contributed by atoms with E-state index in [4.69, 9.17) is 10.00 Å². The average molecular weight is 331 g/mol. The maximum atomic E-state index is 12.6. The second kappa shape index (κ2) is 7.47. The predicted molar refractivity (Wildman–Crippen MR) is 81.4 cm³/mol. The van der Waals surface area contributed by atoms with E-state index >= 15 is 0 Å². The zero-order valence-corrected chi connectivity index (χ0v) is 12.4. The minimum atomic E-state index is -4.44. The van der Waals surface area contributed by atoms with Gasteiger partial charge in [-0.1, -0.05) is 30.3 Å². The van der Waals surface area contributed by atoms with E-state index in [1.165, 1.54) is 18.2 Å². The molecule has 6 heteroatoms. The Labute approximate surface area is 136 Å². The van der Waals surface area contributed by atoms with Crippen LogP contribution in [0.1, 0.15) is 22.3 Å². The van der Waals surface area contributed by atoms with Crippen molar-refractivity contribution in [1.29, 1.82) is 5.26 Å². The van der Waals surface area contributed by atoms with Crippen molar-refractivity contribution in [2.24, 2.45) is 0 Å². The second-order valence-corrected chi connectivity index (χ2v) is 4.83. The van der Waals surface area contributed by atoms with Crippen LogP contribution in [0.3, 0.4) is 0 Å². The van der Waals surface area contributed by atoms with Crippen molar-refractivity contribution in [3.05, 3.63) is 76.9 Å². The van der Waals surface area contributed by atoms with Crippen LogP contribution in [-0.4, -0.2) is 5.97 Å². The molecule has 0 amide bonds. The number of nitrogens with zero attached hydrogens (tertiary/aromatic N) is 1. The number of esters is 1. The van der Waals surface area contributed by atoms with Gasteiger partial charge in [0.2, 0.25) is 0 Å². The van der Waals surface area contributed by atoms with Gasteiger partial charge in [-0.2, -0.15) is 18.4 Å². The van der Waals surface area contributed by atoms with Crippen LogP contribution in [0, 0.1) is 11.3 Å². The van der Waals surface area contributed by atoms with Gasteiger partial charge in [0, 0.05) is 11.6 Å². The first kappa shape index (κ1) is 17.3. The molecule has 0 saturated heterocycles. The zero-order valence-electron chi connectivity index (χ0n) is 12.4.